The van der Waals surface area contributed by atoms with Crippen molar-refractivity contribution in [2.45, 2.75) is 38.0 Å². The summed E-state index contributed by atoms with van der Waals surface area (Å²) in [6, 6.07) is 4.26. The van der Waals surface area contributed by atoms with E-state index in [0.29, 0.717) is 0 Å². The number of benzene rings is 1. The molecule has 0 unspecified atom stereocenters. The average molecular weight is 247 g/mol. The number of ether oxygens (including phenoxy) is 2. The van der Waals surface area contributed by atoms with Crippen molar-refractivity contribution in [3.63, 3.8) is 0 Å². The number of fused-ring (bicyclic) bond motifs is 1. The van der Waals surface area contributed by atoms with Crippen LogP contribution in [-0.2, 0) is 11.8 Å². The van der Waals surface area contributed by atoms with Crippen LogP contribution in [0.15, 0.2) is 12.1 Å². The quantitative estimate of drug-likeness (QED) is 0.892. The van der Waals surface area contributed by atoms with Crippen LogP contribution in [0.3, 0.4) is 0 Å². The molecule has 1 aromatic carbocycles. The maximum atomic E-state index is 5.96. The summed E-state index contributed by atoms with van der Waals surface area (Å²) in [4.78, 5) is 0. The molecule has 1 saturated carbocycles. The van der Waals surface area contributed by atoms with Gasteiger partial charge in [-0.15, -0.1) is 0 Å². The standard InChI is InChI=1S/C15H21NO2/c1-2-11-12(15(10-16)6-7-15)4-5-13-14(11)18-9-3-8-17-13/h4-5H,2-3,6-10,16H2,1H3. The summed E-state index contributed by atoms with van der Waals surface area (Å²) in [5, 5.41) is 0. The first-order chi connectivity index (χ1) is 8.80. The van der Waals surface area contributed by atoms with Gasteiger partial charge in [0.1, 0.15) is 0 Å². The summed E-state index contributed by atoms with van der Waals surface area (Å²) in [6.45, 7) is 4.41. The minimum absolute atomic E-state index is 0.218. The molecule has 1 heterocycles. The SMILES string of the molecule is CCc1c(C2(CN)CC2)ccc2c1OCCCO2. The molecule has 0 saturated heterocycles. The zero-order valence-electron chi connectivity index (χ0n) is 11.0. The monoisotopic (exact) mass is 247 g/mol. The average Bonchev–Trinajstić information content (AvgIpc) is 3.21. The molecule has 1 aliphatic heterocycles. The van der Waals surface area contributed by atoms with Crippen LogP contribution < -0.4 is 15.2 Å². The third-order valence-corrected chi connectivity index (χ3v) is 4.19. The molecule has 0 spiro atoms. The largest absolute Gasteiger partial charge is 0.490 e. The Hall–Kier alpha value is -1.22. The van der Waals surface area contributed by atoms with E-state index in [1.165, 1.54) is 24.0 Å². The lowest BCUT2D eigenvalue weighted by Crippen LogP contribution is -2.21. The second kappa shape index (κ2) is 4.47. The molecular weight excluding hydrogens is 226 g/mol. The van der Waals surface area contributed by atoms with E-state index >= 15 is 0 Å². The van der Waals surface area contributed by atoms with Crippen LogP contribution in [0.4, 0.5) is 0 Å². The predicted molar refractivity (Wildman–Crippen MR) is 71.4 cm³/mol. The summed E-state index contributed by atoms with van der Waals surface area (Å²) >= 11 is 0. The maximum absolute atomic E-state index is 5.96. The minimum atomic E-state index is 0.218. The van der Waals surface area contributed by atoms with Crippen LogP contribution in [0, 0.1) is 0 Å². The molecule has 0 radical (unpaired) electrons. The maximum Gasteiger partial charge on any atom is 0.164 e. The molecule has 0 aromatic heterocycles. The van der Waals surface area contributed by atoms with E-state index in [9.17, 15) is 0 Å². The van der Waals surface area contributed by atoms with Gasteiger partial charge in [0.15, 0.2) is 11.5 Å². The number of hydrogen-bond acceptors (Lipinski definition) is 3. The van der Waals surface area contributed by atoms with E-state index in [0.717, 1.165) is 44.1 Å². The van der Waals surface area contributed by atoms with Crippen LogP contribution in [0.2, 0.25) is 0 Å². The van der Waals surface area contributed by atoms with Gasteiger partial charge in [0, 0.05) is 23.9 Å². The Labute approximate surface area is 108 Å². The fourth-order valence-corrected chi connectivity index (χ4v) is 2.88. The molecule has 98 valence electrons. The van der Waals surface area contributed by atoms with Crippen molar-refractivity contribution >= 4 is 0 Å². The van der Waals surface area contributed by atoms with E-state index in [1.807, 2.05) is 0 Å². The predicted octanol–water partition coefficient (Wildman–Crippen LogP) is 2.40. The highest BCUT2D eigenvalue weighted by Crippen LogP contribution is 2.51. The molecule has 0 atom stereocenters. The topological polar surface area (TPSA) is 44.5 Å². The summed E-state index contributed by atoms with van der Waals surface area (Å²) in [7, 11) is 0. The Morgan fingerprint density at radius 3 is 2.67 bits per heavy atom. The lowest BCUT2D eigenvalue weighted by molar-refractivity contribution is 0.296. The van der Waals surface area contributed by atoms with Gasteiger partial charge in [0.2, 0.25) is 0 Å². The van der Waals surface area contributed by atoms with Gasteiger partial charge in [0.05, 0.1) is 13.2 Å². The number of nitrogens with two attached hydrogens (primary N) is 1. The molecule has 3 rings (SSSR count). The molecule has 2 N–H and O–H groups in total. The number of hydrogen-bond donors (Lipinski definition) is 1. The highest BCUT2D eigenvalue weighted by Gasteiger charge is 2.44. The van der Waals surface area contributed by atoms with Crippen molar-refractivity contribution in [1.29, 1.82) is 0 Å². The summed E-state index contributed by atoms with van der Waals surface area (Å²) in [5.41, 5.74) is 8.87. The highest BCUT2D eigenvalue weighted by atomic mass is 16.5. The van der Waals surface area contributed by atoms with E-state index in [4.69, 9.17) is 15.2 Å². The van der Waals surface area contributed by atoms with Crippen LogP contribution in [0.25, 0.3) is 0 Å². The van der Waals surface area contributed by atoms with E-state index in [2.05, 4.69) is 19.1 Å². The van der Waals surface area contributed by atoms with Crippen LogP contribution >= 0.6 is 0 Å². The minimum Gasteiger partial charge on any atom is -0.490 e. The Morgan fingerprint density at radius 2 is 2.00 bits per heavy atom. The van der Waals surface area contributed by atoms with Crippen molar-refractivity contribution in [3.8, 4) is 11.5 Å². The first kappa shape index (κ1) is 11.8. The molecule has 1 aliphatic carbocycles. The van der Waals surface area contributed by atoms with Crippen molar-refractivity contribution in [1.82, 2.24) is 0 Å². The van der Waals surface area contributed by atoms with Crippen molar-refractivity contribution in [2.75, 3.05) is 19.8 Å². The lowest BCUT2D eigenvalue weighted by Gasteiger charge is -2.21. The molecule has 3 heteroatoms. The van der Waals surface area contributed by atoms with E-state index in [1.54, 1.807) is 0 Å². The third-order valence-electron chi connectivity index (χ3n) is 4.19. The van der Waals surface area contributed by atoms with Crippen LogP contribution in [-0.4, -0.2) is 19.8 Å². The molecule has 1 aromatic rings. The van der Waals surface area contributed by atoms with Crippen LogP contribution in [0.1, 0.15) is 37.3 Å². The second-order valence-corrected chi connectivity index (χ2v) is 5.31. The van der Waals surface area contributed by atoms with Gasteiger partial charge in [-0.25, -0.2) is 0 Å². The second-order valence-electron chi connectivity index (χ2n) is 5.31. The fourth-order valence-electron chi connectivity index (χ4n) is 2.88. The molecule has 0 amide bonds. The van der Waals surface area contributed by atoms with Gasteiger partial charge >= 0.3 is 0 Å². The van der Waals surface area contributed by atoms with Gasteiger partial charge in [-0.05, 0) is 30.9 Å². The number of rotatable bonds is 3. The molecular formula is C15H21NO2. The smallest absolute Gasteiger partial charge is 0.164 e. The Bertz CT molecular complexity index is 452. The third kappa shape index (κ3) is 1.77. The fraction of sp³-hybridized carbons (Fsp3) is 0.600. The Balaban J connectivity index is 2.08. The zero-order valence-corrected chi connectivity index (χ0v) is 11.0. The molecule has 18 heavy (non-hydrogen) atoms. The molecule has 3 nitrogen and oxygen atoms in total. The van der Waals surface area contributed by atoms with Crippen LogP contribution in [0.5, 0.6) is 11.5 Å². The Kier molecular flexibility index (Phi) is 2.94. The first-order valence-electron chi connectivity index (χ1n) is 6.93. The van der Waals surface area contributed by atoms with E-state index in [-0.39, 0.29) is 5.41 Å². The Morgan fingerprint density at radius 1 is 1.22 bits per heavy atom. The normalized spacial score (nSPS) is 20.3. The van der Waals surface area contributed by atoms with Gasteiger partial charge in [-0.2, -0.15) is 0 Å². The first-order valence-corrected chi connectivity index (χ1v) is 6.93. The molecule has 1 fully saturated rings. The van der Waals surface area contributed by atoms with Gasteiger partial charge in [-0.3, -0.25) is 0 Å². The summed E-state index contributed by atoms with van der Waals surface area (Å²) < 4.78 is 11.7. The summed E-state index contributed by atoms with van der Waals surface area (Å²) in [6.07, 6.45) is 4.34. The van der Waals surface area contributed by atoms with Gasteiger partial charge < -0.3 is 15.2 Å². The lowest BCUT2D eigenvalue weighted by atomic mass is 9.89. The van der Waals surface area contributed by atoms with Crippen molar-refractivity contribution < 1.29 is 9.47 Å². The van der Waals surface area contributed by atoms with Crippen molar-refractivity contribution in [3.05, 3.63) is 23.3 Å². The molecule has 2 aliphatic rings. The van der Waals surface area contributed by atoms with Gasteiger partial charge in [0.25, 0.3) is 0 Å². The summed E-state index contributed by atoms with van der Waals surface area (Å²) in [5.74, 6) is 1.87. The van der Waals surface area contributed by atoms with Crippen molar-refractivity contribution in [2.24, 2.45) is 5.73 Å². The molecule has 0 bridgehead atoms. The van der Waals surface area contributed by atoms with E-state index < -0.39 is 0 Å². The van der Waals surface area contributed by atoms with Gasteiger partial charge in [-0.1, -0.05) is 13.0 Å². The zero-order chi connectivity index (χ0) is 12.6. The highest BCUT2D eigenvalue weighted by molar-refractivity contribution is 5.55.